The molecule has 0 aliphatic heterocycles. The molecule has 0 aromatic carbocycles. The van der Waals surface area contributed by atoms with Crippen LogP contribution in [-0.4, -0.2) is 26.3 Å². The molecule has 1 aliphatic carbocycles. The molecule has 0 bridgehead atoms. The summed E-state index contributed by atoms with van der Waals surface area (Å²) in [5.74, 6) is 0.986. The highest BCUT2D eigenvalue weighted by molar-refractivity contribution is 4.77. The molecule has 0 saturated heterocycles. The quantitative estimate of drug-likeness (QED) is 0.642. The smallest absolute Gasteiger partial charge is 0.0462 e. The highest BCUT2D eigenvalue weighted by Crippen LogP contribution is 2.26. The Morgan fingerprint density at radius 1 is 1.19 bits per heavy atom. The van der Waals surface area contributed by atoms with E-state index in [0.29, 0.717) is 0 Å². The summed E-state index contributed by atoms with van der Waals surface area (Å²) < 4.78 is 5.05. The molecule has 1 aliphatic rings. The minimum absolute atomic E-state index is 0.807. The zero-order valence-electron chi connectivity index (χ0n) is 11.1. The number of nitrogens with one attached hydrogen (secondary N) is 1. The van der Waals surface area contributed by atoms with Crippen molar-refractivity contribution < 1.29 is 4.74 Å². The molecule has 16 heavy (non-hydrogen) atoms. The number of methoxy groups -OCH3 is 1. The molecule has 1 saturated carbocycles. The molecule has 2 nitrogen and oxygen atoms in total. The highest BCUT2D eigenvalue weighted by atomic mass is 16.5. The van der Waals surface area contributed by atoms with Crippen molar-refractivity contribution in [2.75, 3.05) is 20.3 Å². The van der Waals surface area contributed by atoms with Crippen LogP contribution in [-0.2, 0) is 4.74 Å². The van der Waals surface area contributed by atoms with Crippen molar-refractivity contribution in [2.24, 2.45) is 5.92 Å². The maximum Gasteiger partial charge on any atom is 0.0462 e. The topological polar surface area (TPSA) is 21.3 Å². The number of ether oxygens (including phenoxy) is 1. The van der Waals surface area contributed by atoms with Crippen LogP contribution in [0.3, 0.4) is 0 Å². The molecule has 96 valence electrons. The SMILES string of the molecule is CCC1CCCC(NCCCCCOC)C1. The lowest BCUT2D eigenvalue weighted by atomic mass is 9.84. The summed E-state index contributed by atoms with van der Waals surface area (Å²) in [5.41, 5.74) is 0. The van der Waals surface area contributed by atoms with Gasteiger partial charge in [-0.15, -0.1) is 0 Å². The second-order valence-electron chi connectivity index (χ2n) is 5.15. The Morgan fingerprint density at radius 2 is 2.06 bits per heavy atom. The van der Waals surface area contributed by atoms with Crippen molar-refractivity contribution >= 4 is 0 Å². The minimum Gasteiger partial charge on any atom is -0.385 e. The largest absolute Gasteiger partial charge is 0.385 e. The molecule has 1 N–H and O–H groups in total. The zero-order valence-corrected chi connectivity index (χ0v) is 11.1. The van der Waals surface area contributed by atoms with Gasteiger partial charge in [0.15, 0.2) is 0 Å². The van der Waals surface area contributed by atoms with Gasteiger partial charge in [0.1, 0.15) is 0 Å². The molecule has 2 unspecified atom stereocenters. The normalized spacial score (nSPS) is 25.9. The molecule has 1 fully saturated rings. The van der Waals surface area contributed by atoms with Gasteiger partial charge in [0.05, 0.1) is 0 Å². The Morgan fingerprint density at radius 3 is 2.81 bits per heavy atom. The maximum absolute atomic E-state index is 5.05. The Hall–Kier alpha value is -0.0800. The lowest BCUT2D eigenvalue weighted by Crippen LogP contribution is -2.34. The van der Waals surface area contributed by atoms with Crippen molar-refractivity contribution in [3.8, 4) is 0 Å². The number of unbranched alkanes of at least 4 members (excludes halogenated alkanes) is 2. The molecule has 0 aromatic rings. The van der Waals surface area contributed by atoms with Crippen LogP contribution in [0.4, 0.5) is 0 Å². The molecule has 0 radical (unpaired) electrons. The molecule has 0 amide bonds. The predicted molar refractivity (Wildman–Crippen MR) is 69.8 cm³/mol. The van der Waals surface area contributed by atoms with Crippen LogP contribution in [0, 0.1) is 5.92 Å². The van der Waals surface area contributed by atoms with Gasteiger partial charge in [0, 0.05) is 19.8 Å². The number of rotatable bonds is 8. The molecular formula is C14H29NO. The molecule has 2 heteroatoms. The average Bonchev–Trinajstić information content (AvgIpc) is 2.34. The summed E-state index contributed by atoms with van der Waals surface area (Å²) in [6.07, 6.45) is 10.9. The van der Waals surface area contributed by atoms with E-state index in [1.54, 1.807) is 7.11 Å². The van der Waals surface area contributed by atoms with Gasteiger partial charge < -0.3 is 10.1 Å². The first kappa shape index (κ1) is 14.0. The molecule has 1 rings (SSSR count). The van der Waals surface area contributed by atoms with Crippen LogP contribution in [0.15, 0.2) is 0 Å². The van der Waals surface area contributed by atoms with E-state index in [9.17, 15) is 0 Å². The van der Waals surface area contributed by atoms with Crippen molar-refractivity contribution in [1.29, 1.82) is 0 Å². The maximum atomic E-state index is 5.05. The first-order valence-corrected chi connectivity index (χ1v) is 7.09. The van der Waals surface area contributed by atoms with Crippen LogP contribution < -0.4 is 5.32 Å². The van der Waals surface area contributed by atoms with E-state index in [1.807, 2.05) is 0 Å². The highest BCUT2D eigenvalue weighted by Gasteiger charge is 2.19. The fraction of sp³-hybridized carbons (Fsp3) is 1.00. The Bertz CT molecular complexity index is 161. The first-order chi connectivity index (χ1) is 7.86. The summed E-state index contributed by atoms with van der Waals surface area (Å²) in [6, 6.07) is 0.807. The van der Waals surface area contributed by atoms with Gasteiger partial charge in [-0.25, -0.2) is 0 Å². The third-order valence-electron chi connectivity index (χ3n) is 3.82. The lowest BCUT2D eigenvalue weighted by Gasteiger charge is -2.29. The monoisotopic (exact) mass is 227 g/mol. The van der Waals surface area contributed by atoms with Gasteiger partial charge in [-0.3, -0.25) is 0 Å². The molecule has 2 atom stereocenters. The van der Waals surface area contributed by atoms with E-state index in [1.165, 1.54) is 57.9 Å². The number of hydrogen-bond acceptors (Lipinski definition) is 2. The molecule has 0 aromatic heterocycles. The van der Waals surface area contributed by atoms with Crippen LogP contribution >= 0.6 is 0 Å². The van der Waals surface area contributed by atoms with Gasteiger partial charge >= 0.3 is 0 Å². The molecule has 0 heterocycles. The molecule has 0 spiro atoms. The Labute approximate surface area is 101 Å². The van der Waals surface area contributed by atoms with Gasteiger partial charge in [-0.2, -0.15) is 0 Å². The Balaban J connectivity index is 1.95. The second-order valence-corrected chi connectivity index (χ2v) is 5.15. The van der Waals surface area contributed by atoms with Crippen LogP contribution in [0.5, 0.6) is 0 Å². The fourth-order valence-electron chi connectivity index (χ4n) is 2.70. The van der Waals surface area contributed by atoms with Gasteiger partial charge in [-0.05, 0) is 44.6 Å². The summed E-state index contributed by atoms with van der Waals surface area (Å²) >= 11 is 0. The summed E-state index contributed by atoms with van der Waals surface area (Å²) in [5, 5.41) is 3.72. The number of hydrogen-bond donors (Lipinski definition) is 1. The molecular weight excluding hydrogens is 198 g/mol. The first-order valence-electron chi connectivity index (χ1n) is 7.09. The van der Waals surface area contributed by atoms with Gasteiger partial charge in [0.2, 0.25) is 0 Å². The van der Waals surface area contributed by atoms with Gasteiger partial charge in [-0.1, -0.05) is 26.2 Å². The van der Waals surface area contributed by atoms with E-state index in [4.69, 9.17) is 4.74 Å². The lowest BCUT2D eigenvalue weighted by molar-refractivity contribution is 0.191. The standard InChI is InChI=1S/C14H29NO/c1-3-13-8-7-9-14(12-13)15-10-5-4-6-11-16-2/h13-15H,3-12H2,1-2H3. The summed E-state index contributed by atoms with van der Waals surface area (Å²) in [6.45, 7) is 4.45. The Kier molecular flexibility index (Phi) is 7.87. The summed E-state index contributed by atoms with van der Waals surface area (Å²) in [7, 11) is 1.78. The van der Waals surface area contributed by atoms with Crippen molar-refractivity contribution in [3.63, 3.8) is 0 Å². The van der Waals surface area contributed by atoms with E-state index >= 15 is 0 Å². The van der Waals surface area contributed by atoms with E-state index < -0.39 is 0 Å². The zero-order chi connectivity index (χ0) is 11.6. The predicted octanol–water partition coefficient (Wildman–Crippen LogP) is 3.36. The average molecular weight is 227 g/mol. The van der Waals surface area contributed by atoms with Gasteiger partial charge in [0.25, 0.3) is 0 Å². The summed E-state index contributed by atoms with van der Waals surface area (Å²) in [4.78, 5) is 0. The third-order valence-corrected chi connectivity index (χ3v) is 3.82. The fourth-order valence-corrected chi connectivity index (χ4v) is 2.70. The van der Waals surface area contributed by atoms with E-state index in [0.717, 1.165) is 18.6 Å². The van der Waals surface area contributed by atoms with Crippen LogP contribution in [0.1, 0.15) is 58.3 Å². The van der Waals surface area contributed by atoms with E-state index in [2.05, 4.69) is 12.2 Å². The van der Waals surface area contributed by atoms with E-state index in [-0.39, 0.29) is 0 Å². The second kappa shape index (κ2) is 9.00. The van der Waals surface area contributed by atoms with Crippen molar-refractivity contribution in [2.45, 2.75) is 64.3 Å². The minimum atomic E-state index is 0.807. The van der Waals surface area contributed by atoms with Crippen LogP contribution in [0.2, 0.25) is 0 Å². The van der Waals surface area contributed by atoms with Crippen LogP contribution in [0.25, 0.3) is 0 Å². The third kappa shape index (κ3) is 5.86. The van der Waals surface area contributed by atoms with Crippen molar-refractivity contribution in [3.05, 3.63) is 0 Å². The van der Waals surface area contributed by atoms with Crippen molar-refractivity contribution in [1.82, 2.24) is 5.32 Å².